The second-order valence-electron chi connectivity index (χ2n) is 6.02. The minimum atomic E-state index is -3.51. The van der Waals surface area contributed by atoms with Gasteiger partial charge in [0.2, 0.25) is 15.9 Å². The Labute approximate surface area is 137 Å². The van der Waals surface area contributed by atoms with Crippen molar-refractivity contribution < 1.29 is 17.9 Å². The van der Waals surface area contributed by atoms with Gasteiger partial charge < -0.3 is 10.1 Å². The van der Waals surface area contributed by atoms with Crippen LogP contribution in [0.3, 0.4) is 0 Å². The first-order valence-electron chi connectivity index (χ1n) is 7.79. The highest BCUT2D eigenvalue weighted by Crippen LogP contribution is 2.25. The van der Waals surface area contributed by atoms with E-state index in [2.05, 4.69) is 5.32 Å². The highest BCUT2D eigenvalue weighted by molar-refractivity contribution is 7.89. The predicted molar refractivity (Wildman–Crippen MR) is 87.8 cm³/mol. The van der Waals surface area contributed by atoms with Crippen LogP contribution in [0.1, 0.15) is 26.7 Å². The van der Waals surface area contributed by atoms with Gasteiger partial charge in [-0.3, -0.25) is 4.79 Å². The van der Waals surface area contributed by atoms with Crippen LogP contribution in [0.5, 0.6) is 5.75 Å². The second kappa shape index (κ2) is 7.31. The zero-order valence-corrected chi connectivity index (χ0v) is 14.6. The number of amides is 1. The number of nitrogens with zero attached hydrogens (tertiary/aromatic N) is 1. The molecule has 23 heavy (non-hydrogen) atoms. The van der Waals surface area contributed by atoms with Gasteiger partial charge >= 0.3 is 0 Å². The summed E-state index contributed by atoms with van der Waals surface area (Å²) in [5.41, 5.74) is 0. The summed E-state index contributed by atoms with van der Waals surface area (Å²) >= 11 is 0. The van der Waals surface area contributed by atoms with E-state index in [0.29, 0.717) is 31.7 Å². The first kappa shape index (κ1) is 17.7. The van der Waals surface area contributed by atoms with E-state index in [1.54, 1.807) is 24.3 Å². The molecular weight excluding hydrogens is 316 g/mol. The molecule has 1 N–H and O–H groups in total. The third-order valence-corrected chi connectivity index (χ3v) is 5.87. The molecule has 0 aromatic heterocycles. The molecule has 0 spiro atoms. The van der Waals surface area contributed by atoms with Crippen molar-refractivity contribution in [3.63, 3.8) is 0 Å². The third kappa shape index (κ3) is 4.23. The number of carbonyl (C=O) groups excluding carboxylic acids is 1. The van der Waals surface area contributed by atoms with Crippen LogP contribution in [0.15, 0.2) is 29.2 Å². The molecule has 1 fully saturated rings. The smallest absolute Gasteiger partial charge is 0.243 e. The van der Waals surface area contributed by atoms with Crippen molar-refractivity contribution in [3.8, 4) is 5.75 Å². The Hall–Kier alpha value is -1.60. The van der Waals surface area contributed by atoms with Gasteiger partial charge in [-0.2, -0.15) is 4.31 Å². The summed E-state index contributed by atoms with van der Waals surface area (Å²) < 4.78 is 31.8. The highest BCUT2D eigenvalue weighted by atomic mass is 32.2. The second-order valence-corrected chi connectivity index (χ2v) is 7.96. The fourth-order valence-corrected chi connectivity index (χ4v) is 4.13. The molecule has 6 nitrogen and oxygen atoms in total. The largest absolute Gasteiger partial charge is 0.497 e. The van der Waals surface area contributed by atoms with E-state index in [-0.39, 0.29) is 22.8 Å². The third-order valence-electron chi connectivity index (χ3n) is 3.95. The molecule has 1 saturated heterocycles. The van der Waals surface area contributed by atoms with E-state index in [1.165, 1.54) is 11.4 Å². The first-order valence-corrected chi connectivity index (χ1v) is 9.23. The van der Waals surface area contributed by atoms with E-state index in [1.807, 2.05) is 13.8 Å². The molecule has 0 unspecified atom stereocenters. The van der Waals surface area contributed by atoms with Crippen molar-refractivity contribution in [2.45, 2.75) is 37.6 Å². The molecule has 1 aromatic carbocycles. The number of benzene rings is 1. The summed E-state index contributed by atoms with van der Waals surface area (Å²) in [6.45, 7) is 4.57. The lowest BCUT2D eigenvalue weighted by Gasteiger charge is -2.31. The van der Waals surface area contributed by atoms with Gasteiger partial charge in [-0.1, -0.05) is 0 Å². The average molecular weight is 340 g/mol. The zero-order chi connectivity index (χ0) is 17.0. The van der Waals surface area contributed by atoms with Crippen LogP contribution >= 0.6 is 0 Å². The first-order chi connectivity index (χ1) is 10.8. The van der Waals surface area contributed by atoms with Crippen LogP contribution in [0.2, 0.25) is 0 Å². The van der Waals surface area contributed by atoms with E-state index >= 15 is 0 Å². The Balaban J connectivity index is 2.01. The maximum atomic E-state index is 12.6. The van der Waals surface area contributed by atoms with Gasteiger partial charge in [0.1, 0.15) is 5.75 Å². The molecule has 0 aliphatic carbocycles. The van der Waals surface area contributed by atoms with Gasteiger partial charge in [-0.25, -0.2) is 8.42 Å². The maximum absolute atomic E-state index is 12.6. The molecule has 1 aliphatic rings. The lowest BCUT2D eigenvalue weighted by atomic mass is 9.97. The van der Waals surface area contributed by atoms with Gasteiger partial charge in [-0.15, -0.1) is 0 Å². The maximum Gasteiger partial charge on any atom is 0.243 e. The molecule has 7 heteroatoms. The van der Waals surface area contributed by atoms with Crippen molar-refractivity contribution in [2.24, 2.45) is 5.92 Å². The topological polar surface area (TPSA) is 75.7 Å². The number of methoxy groups -OCH3 is 1. The Morgan fingerprint density at radius 3 is 2.26 bits per heavy atom. The number of hydrogen-bond donors (Lipinski definition) is 1. The molecule has 1 heterocycles. The van der Waals surface area contributed by atoms with Gasteiger partial charge in [0.05, 0.1) is 12.0 Å². The number of carbonyl (C=O) groups is 1. The van der Waals surface area contributed by atoms with Crippen LogP contribution in [0.4, 0.5) is 0 Å². The Morgan fingerprint density at radius 2 is 1.78 bits per heavy atom. The van der Waals surface area contributed by atoms with Gasteiger partial charge in [0, 0.05) is 25.0 Å². The van der Waals surface area contributed by atoms with Crippen LogP contribution in [0.25, 0.3) is 0 Å². The van der Waals surface area contributed by atoms with Crippen LogP contribution in [-0.4, -0.2) is 44.9 Å². The SMILES string of the molecule is COc1ccc(S(=O)(=O)N2CCC(C(=O)NC(C)C)CC2)cc1. The van der Waals surface area contributed by atoms with Crippen molar-refractivity contribution in [2.75, 3.05) is 20.2 Å². The van der Waals surface area contributed by atoms with Gasteiger partial charge in [0.15, 0.2) is 0 Å². The summed E-state index contributed by atoms with van der Waals surface area (Å²) in [6.07, 6.45) is 1.10. The monoisotopic (exact) mass is 340 g/mol. The highest BCUT2D eigenvalue weighted by Gasteiger charge is 2.32. The number of hydrogen-bond acceptors (Lipinski definition) is 4. The normalized spacial score (nSPS) is 17.2. The number of nitrogens with one attached hydrogen (secondary N) is 1. The molecule has 1 aromatic rings. The lowest BCUT2D eigenvalue weighted by Crippen LogP contribution is -2.44. The molecular formula is C16H24N2O4S. The van der Waals surface area contributed by atoms with Crippen molar-refractivity contribution in [3.05, 3.63) is 24.3 Å². The molecule has 1 aliphatic heterocycles. The van der Waals surface area contributed by atoms with Crippen molar-refractivity contribution in [1.82, 2.24) is 9.62 Å². The lowest BCUT2D eigenvalue weighted by molar-refractivity contribution is -0.126. The molecule has 1 amide bonds. The molecule has 2 rings (SSSR count). The number of sulfonamides is 1. The average Bonchev–Trinajstić information content (AvgIpc) is 2.54. The number of ether oxygens (including phenoxy) is 1. The standard InChI is InChI=1S/C16H24N2O4S/c1-12(2)17-16(19)13-8-10-18(11-9-13)23(20,21)15-6-4-14(22-3)5-7-15/h4-7,12-13H,8-11H2,1-3H3,(H,17,19). The van der Waals surface area contributed by atoms with Crippen molar-refractivity contribution in [1.29, 1.82) is 0 Å². The van der Waals surface area contributed by atoms with Crippen LogP contribution in [0, 0.1) is 5.92 Å². The minimum Gasteiger partial charge on any atom is -0.497 e. The molecule has 0 radical (unpaired) electrons. The van der Waals surface area contributed by atoms with Gasteiger partial charge in [0.25, 0.3) is 0 Å². The summed E-state index contributed by atoms with van der Waals surface area (Å²) in [7, 11) is -1.97. The molecule has 0 saturated carbocycles. The van der Waals surface area contributed by atoms with E-state index in [4.69, 9.17) is 4.74 Å². The van der Waals surface area contributed by atoms with Crippen LogP contribution in [-0.2, 0) is 14.8 Å². The fraction of sp³-hybridized carbons (Fsp3) is 0.562. The van der Waals surface area contributed by atoms with E-state index < -0.39 is 10.0 Å². The van der Waals surface area contributed by atoms with E-state index in [9.17, 15) is 13.2 Å². The summed E-state index contributed by atoms with van der Waals surface area (Å²) in [4.78, 5) is 12.3. The molecule has 0 atom stereocenters. The molecule has 128 valence electrons. The summed E-state index contributed by atoms with van der Waals surface area (Å²) in [5.74, 6) is 0.522. The van der Waals surface area contributed by atoms with E-state index in [0.717, 1.165) is 0 Å². The predicted octanol–water partition coefficient (Wildman–Crippen LogP) is 1.62. The van der Waals surface area contributed by atoms with Crippen LogP contribution < -0.4 is 10.1 Å². The zero-order valence-electron chi connectivity index (χ0n) is 13.8. The summed E-state index contributed by atoms with van der Waals surface area (Å²) in [5, 5.41) is 2.89. The fourth-order valence-electron chi connectivity index (χ4n) is 2.66. The number of rotatable bonds is 5. The van der Waals surface area contributed by atoms with Gasteiger partial charge in [-0.05, 0) is 51.0 Å². The Bertz CT molecular complexity index is 633. The Morgan fingerprint density at radius 1 is 1.22 bits per heavy atom. The Kier molecular flexibility index (Phi) is 5.64. The minimum absolute atomic E-state index is 0.0153. The van der Waals surface area contributed by atoms with Crippen molar-refractivity contribution >= 4 is 15.9 Å². The quantitative estimate of drug-likeness (QED) is 0.884. The number of piperidine rings is 1. The summed E-state index contributed by atoms with van der Waals surface area (Å²) in [6, 6.07) is 6.46. The molecule has 0 bridgehead atoms.